The van der Waals surface area contributed by atoms with Gasteiger partial charge in [0.2, 0.25) is 0 Å². The Kier molecular flexibility index (Phi) is 3.02. The van der Waals surface area contributed by atoms with Gasteiger partial charge in [0.1, 0.15) is 0 Å². The normalized spacial score (nSPS) is 12.0. The van der Waals surface area contributed by atoms with Gasteiger partial charge in [-0.1, -0.05) is 31.0 Å². The lowest BCUT2D eigenvalue weighted by atomic mass is 10.2. The van der Waals surface area contributed by atoms with Crippen molar-refractivity contribution in [3.63, 3.8) is 0 Å². The second kappa shape index (κ2) is 4.63. The summed E-state index contributed by atoms with van der Waals surface area (Å²) in [7, 11) is 0. The Bertz CT molecular complexity index is 523. The van der Waals surface area contributed by atoms with Crippen molar-refractivity contribution in [3.05, 3.63) is 30.5 Å². The molecule has 16 heavy (non-hydrogen) atoms. The molecule has 0 aliphatic carbocycles. The number of fused-ring (bicyclic) bond motifs is 1. The average Bonchev–Trinajstić information content (AvgIpc) is 2.36. The van der Waals surface area contributed by atoms with Crippen LogP contribution in [0.1, 0.15) is 13.3 Å². The van der Waals surface area contributed by atoms with Gasteiger partial charge in [0.15, 0.2) is 0 Å². The van der Waals surface area contributed by atoms with Crippen molar-refractivity contribution in [1.82, 2.24) is 10.2 Å². The van der Waals surface area contributed by atoms with Crippen LogP contribution in [0.5, 0.6) is 0 Å². The van der Waals surface area contributed by atoms with E-state index >= 15 is 0 Å². The lowest BCUT2D eigenvalue weighted by molar-refractivity contribution is 0.856. The molecule has 0 amide bonds. The van der Waals surface area contributed by atoms with Crippen LogP contribution in [0.25, 0.3) is 10.9 Å². The lowest BCUT2D eigenvalue weighted by Gasteiger charge is -2.13. The molecule has 3 heteroatoms. The fourth-order valence-electron chi connectivity index (χ4n) is 1.57. The molecule has 1 atom stereocenters. The number of nitrogens with zero attached hydrogens (tertiary/aromatic N) is 2. The molecule has 1 aromatic carbocycles. The first kappa shape index (κ1) is 10.4. The van der Waals surface area contributed by atoms with Gasteiger partial charge in [-0.15, -0.1) is 6.42 Å². The predicted octanol–water partition coefficient (Wildman–Crippen LogP) is 2.45. The van der Waals surface area contributed by atoms with Crippen LogP contribution in [0.3, 0.4) is 0 Å². The summed E-state index contributed by atoms with van der Waals surface area (Å²) in [5.41, 5.74) is 1.81. The van der Waals surface area contributed by atoms with Gasteiger partial charge in [-0.05, 0) is 12.5 Å². The summed E-state index contributed by atoms with van der Waals surface area (Å²) >= 11 is 0. The van der Waals surface area contributed by atoms with Gasteiger partial charge in [-0.25, -0.2) is 0 Å². The smallest absolute Gasteiger partial charge is 0.0950 e. The Morgan fingerprint density at radius 1 is 1.44 bits per heavy atom. The molecule has 0 aliphatic heterocycles. The van der Waals surface area contributed by atoms with E-state index in [9.17, 15) is 0 Å². The van der Waals surface area contributed by atoms with Crippen LogP contribution >= 0.6 is 0 Å². The van der Waals surface area contributed by atoms with Gasteiger partial charge in [-0.2, -0.15) is 10.2 Å². The summed E-state index contributed by atoms with van der Waals surface area (Å²) in [6.45, 7) is 2.05. The van der Waals surface area contributed by atoms with Gasteiger partial charge < -0.3 is 5.32 Å². The van der Waals surface area contributed by atoms with Gasteiger partial charge in [0, 0.05) is 5.39 Å². The topological polar surface area (TPSA) is 37.8 Å². The minimum atomic E-state index is 0.0348. The maximum Gasteiger partial charge on any atom is 0.0950 e. The van der Waals surface area contributed by atoms with Crippen molar-refractivity contribution in [3.8, 4) is 12.3 Å². The molecule has 0 saturated heterocycles. The molecule has 2 rings (SSSR count). The largest absolute Gasteiger partial charge is 0.370 e. The third-order valence-corrected chi connectivity index (χ3v) is 2.49. The molecule has 1 aromatic heterocycles. The van der Waals surface area contributed by atoms with Crippen LogP contribution in [0.2, 0.25) is 0 Å². The summed E-state index contributed by atoms with van der Waals surface area (Å²) in [5.74, 6) is 2.71. The zero-order valence-corrected chi connectivity index (χ0v) is 9.14. The van der Waals surface area contributed by atoms with Crippen molar-refractivity contribution >= 4 is 16.6 Å². The number of anilines is 1. The molecule has 0 radical (unpaired) electrons. The highest BCUT2D eigenvalue weighted by Gasteiger charge is 2.05. The zero-order valence-electron chi connectivity index (χ0n) is 9.14. The zero-order chi connectivity index (χ0) is 11.4. The van der Waals surface area contributed by atoms with E-state index in [1.54, 1.807) is 6.20 Å². The van der Waals surface area contributed by atoms with Gasteiger partial charge >= 0.3 is 0 Å². The van der Waals surface area contributed by atoms with Crippen molar-refractivity contribution in [2.75, 3.05) is 5.32 Å². The van der Waals surface area contributed by atoms with Gasteiger partial charge in [0.25, 0.3) is 0 Å². The second-order valence-corrected chi connectivity index (χ2v) is 3.55. The molecule has 0 aliphatic rings. The number of aromatic nitrogens is 2. The Labute approximate surface area is 94.9 Å². The summed E-state index contributed by atoms with van der Waals surface area (Å²) in [4.78, 5) is 0. The number of hydrogen-bond donors (Lipinski definition) is 1. The highest BCUT2D eigenvalue weighted by Crippen LogP contribution is 2.20. The fourth-order valence-corrected chi connectivity index (χ4v) is 1.57. The number of hydrogen-bond acceptors (Lipinski definition) is 3. The molecule has 1 unspecified atom stereocenters. The Hall–Kier alpha value is -2.08. The molecule has 2 aromatic rings. The van der Waals surface area contributed by atoms with E-state index in [0.29, 0.717) is 0 Å². The maximum absolute atomic E-state index is 5.43. The van der Waals surface area contributed by atoms with Gasteiger partial charge in [-0.3, -0.25) is 0 Å². The first-order valence-electron chi connectivity index (χ1n) is 5.28. The van der Waals surface area contributed by atoms with Crippen molar-refractivity contribution in [2.24, 2.45) is 0 Å². The number of rotatable bonds is 3. The monoisotopic (exact) mass is 211 g/mol. The lowest BCUT2D eigenvalue weighted by Crippen LogP contribution is -2.16. The molecule has 80 valence electrons. The summed E-state index contributed by atoms with van der Waals surface area (Å²) < 4.78 is 0. The second-order valence-electron chi connectivity index (χ2n) is 3.55. The SMILES string of the molecule is C#CC(CC)Nc1cnnc2ccccc12. The summed E-state index contributed by atoms with van der Waals surface area (Å²) in [6.07, 6.45) is 8.02. The van der Waals surface area contributed by atoms with Gasteiger partial charge in [0.05, 0.1) is 23.4 Å². The average molecular weight is 211 g/mol. The molecule has 0 spiro atoms. The molecule has 0 fully saturated rings. The third-order valence-electron chi connectivity index (χ3n) is 2.49. The summed E-state index contributed by atoms with van der Waals surface area (Å²) in [6, 6.07) is 7.90. The standard InChI is InChI=1S/C13H13N3/c1-3-10(4-2)15-13-9-14-16-12-8-6-5-7-11(12)13/h1,5-10H,4H2,2H3,(H,15,16). The Balaban J connectivity index is 2.41. The van der Waals surface area contributed by atoms with Crippen LogP contribution in [0.4, 0.5) is 5.69 Å². The fraction of sp³-hybridized carbons (Fsp3) is 0.231. The Morgan fingerprint density at radius 3 is 3.00 bits per heavy atom. The van der Waals surface area contributed by atoms with Crippen molar-refractivity contribution < 1.29 is 0 Å². The molecular weight excluding hydrogens is 198 g/mol. The maximum atomic E-state index is 5.43. The van der Waals surface area contributed by atoms with E-state index in [1.807, 2.05) is 31.2 Å². The first-order valence-corrected chi connectivity index (χ1v) is 5.28. The number of benzene rings is 1. The minimum absolute atomic E-state index is 0.0348. The van der Waals surface area contributed by atoms with E-state index < -0.39 is 0 Å². The predicted molar refractivity (Wildman–Crippen MR) is 66.1 cm³/mol. The molecule has 1 heterocycles. The van der Waals surface area contributed by atoms with Crippen LogP contribution in [-0.2, 0) is 0 Å². The molecule has 1 N–H and O–H groups in total. The summed E-state index contributed by atoms with van der Waals surface area (Å²) in [5, 5.41) is 12.3. The van der Waals surface area contributed by atoms with Crippen LogP contribution in [0.15, 0.2) is 30.5 Å². The van der Waals surface area contributed by atoms with Crippen molar-refractivity contribution in [1.29, 1.82) is 0 Å². The van der Waals surface area contributed by atoms with Crippen molar-refractivity contribution in [2.45, 2.75) is 19.4 Å². The first-order chi connectivity index (χ1) is 7.85. The molecule has 3 nitrogen and oxygen atoms in total. The molecular formula is C13H13N3. The quantitative estimate of drug-likeness (QED) is 0.792. The van der Waals surface area contributed by atoms with E-state index in [4.69, 9.17) is 6.42 Å². The highest BCUT2D eigenvalue weighted by atomic mass is 15.1. The van der Waals surface area contributed by atoms with Crippen LogP contribution in [0, 0.1) is 12.3 Å². The molecule has 0 bridgehead atoms. The highest BCUT2D eigenvalue weighted by molar-refractivity contribution is 5.90. The van der Waals surface area contributed by atoms with E-state index in [1.165, 1.54) is 0 Å². The third kappa shape index (κ3) is 1.96. The Morgan fingerprint density at radius 2 is 2.25 bits per heavy atom. The van der Waals surface area contributed by atoms with E-state index in [0.717, 1.165) is 23.0 Å². The minimum Gasteiger partial charge on any atom is -0.370 e. The van der Waals surface area contributed by atoms with Crippen LogP contribution in [-0.4, -0.2) is 16.2 Å². The number of nitrogens with one attached hydrogen (secondary N) is 1. The van der Waals surface area contributed by atoms with Crippen LogP contribution < -0.4 is 5.32 Å². The van der Waals surface area contributed by atoms with E-state index in [2.05, 4.69) is 21.4 Å². The number of terminal acetylenes is 1. The van der Waals surface area contributed by atoms with E-state index in [-0.39, 0.29) is 6.04 Å². The molecule has 0 saturated carbocycles.